The van der Waals surface area contributed by atoms with Gasteiger partial charge in [-0.1, -0.05) is 18.2 Å². The summed E-state index contributed by atoms with van der Waals surface area (Å²) in [5.41, 5.74) is 2.82. The molecule has 2 aromatic carbocycles. The van der Waals surface area contributed by atoms with Crippen molar-refractivity contribution in [1.82, 2.24) is 4.90 Å². The first-order valence-corrected chi connectivity index (χ1v) is 8.43. The number of piperidine rings is 1. The Morgan fingerprint density at radius 3 is 2.71 bits per heavy atom. The number of nitrogens with zero attached hydrogens (tertiary/aromatic N) is 1. The quantitative estimate of drug-likeness (QED) is 0.932. The molecule has 1 atom stereocenters. The Labute approximate surface area is 143 Å². The summed E-state index contributed by atoms with van der Waals surface area (Å²) in [5.74, 6) is 0.911. The molecule has 2 aromatic rings. The Kier molecular flexibility index (Phi) is 5.04. The summed E-state index contributed by atoms with van der Waals surface area (Å²) in [5, 5.41) is 3.53. The third kappa shape index (κ3) is 3.70. The van der Waals surface area contributed by atoms with Crippen molar-refractivity contribution in [2.75, 3.05) is 25.5 Å². The van der Waals surface area contributed by atoms with Crippen LogP contribution in [0.5, 0.6) is 5.75 Å². The number of methoxy groups -OCH3 is 1. The van der Waals surface area contributed by atoms with Gasteiger partial charge in [-0.25, -0.2) is 0 Å². The highest BCUT2D eigenvalue weighted by Crippen LogP contribution is 2.22. The van der Waals surface area contributed by atoms with Crippen molar-refractivity contribution in [1.29, 1.82) is 0 Å². The molecule has 126 valence electrons. The number of amides is 1. The molecule has 24 heavy (non-hydrogen) atoms. The molecular formula is C20H24N2O2. The molecule has 1 N–H and O–H groups in total. The standard InChI is InChI=1S/C20H24N2O2/c1-15-13-16(10-11-19(15)24-2)20(23)22-12-6-9-18(14-22)21-17-7-4-3-5-8-17/h3-5,7-8,10-11,13,18,21H,6,9,12,14H2,1-2H3/t18-/m1/s1. The molecule has 1 fully saturated rings. The lowest BCUT2D eigenvalue weighted by Crippen LogP contribution is -2.45. The number of hydrogen-bond donors (Lipinski definition) is 1. The minimum atomic E-state index is 0.0975. The molecule has 0 saturated carbocycles. The van der Waals surface area contributed by atoms with E-state index in [1.54, 1.807) is 7.11 Å². The van der Waals surface area contributed by atoms with E-state index in [1.807, 2.05) is 48.2 Å². The third-order valence-corrected chi connectivity index (χ3v) is 4.49. The molecule has 4 nitrogen and oxygen atoms in total. The van der Waals surface area contributed by atoms with Crippen LogP contribution in [-0.2, 0) is 0 Å². The lowest BCUT2D eigenvalue weighted by Gasteiger charge is -2.34. The summed E-state index contributed by atoms with van der Waals surface area (Å²) < 4.78 is 5.27. The van der Waals surface area contributed by atoms with Crippen LogP contribution in [-0.4, -0.2) is 37.0 Å². The number of hydrogen-bond acceptors (Lipinski definition) is 3. The fourth-order valence-corrected chi connectivity index (χ4v) is 3.24. The largest absolute Gasteiger partial charge is 0.496 e. The minimum Gasteiger partial charge on any atom is -0.496 e. The number of benzene rings is 2. The van der Waals surface area contributed by atoms with Gasteiger partial charge in [0.1, 0.15) is 5.75 Å². The minimum absolute atomic E-state index is 0.0975. The van der Waals surface area contributed by atoms with Gasteiger partial charge in [0.2, 0.25) is 0 Å². The van der Waals surface area contributed by atoms with Crippen LogP contribution in [0.2, 0.25) is 0 Å². The van der Waals surface area contributed by atoms with Crippen LogP contribution >= 0.6 is 0 Å². The average molecular weight is 324 g/mol. The topological polar surface area (TPSA) is 41.6 Å². The molecule has 1 aliphatic heterocycles. The van der Waals surface area contributed by atoms with E-state index < -0.39 is 0 Å². The van der Waals surface area contributed by atoms with Crippen LogP contribution in [0.3, 0.4) is 0 Å². The number of anilines is 1. The van der Waals surface area contributed by atoms with E-state index in [9.17, 15) is 4.79 Å². The van der Waals surface area contributed by atoms with Crippen molar-refractivity contribution in [2.24, 2.45) is 0 Å². The van der Waals surface area contributed by atoms with E-state index in [4.69, 9.17) is 4.74 Å². The summed E-state index contributed by atoms with van der Waals surface area (Å²) in [6.07, 6.45) is 2.10. The van der Waals surface area contributed by atoms with Gasteiger partial charge in [0.05, 0.1) is 7.11 Å². The number of carbonyl (C=O) groups is 1. The highest BCUT2D eigenvalue weighted by atomic mass is 16.5. The Morgan fingerprint density at radius 2 is 2.00 bits per heavy atom. The predicted molar refractivity (Wildman–Crippen MR) is 96.7 cm³/mol. The van der Waals surface area contributed by atoms with Crippen molar-refractivity contribution in [3.8, 4) is 5.75 Å². The van der Waals surface area contributed by atoms with Gasteiger partial charge in [-0.2, -0.15) is 0 Å². The number of para-hydroxylation sites is 1. The first-order valence-electron chi connectivity index (χ1n) is 8.43. The van der Waals surface area contributed by atoms with Crippen LogP contribution in [0, 0.1) is 6.92 Å². The van der Waals surface area contributed by atoms with Crippen molar-refractivity contribution < 1.29 is 9.53 Å². The highest BCUT2D eigenvalue weighted by Gasteiger charge is 2.24. The normalized spacial score (nSPS) is 17.4. The second-order valence-electron chi connectivity index (χ2n) is 6.29. The number of rotatable bonds is 4. The van der Waals surface area contributed by atoms with Gasteiger partial charge in [0.25, 0.3) is 5.91 Å². The van der Waals surface area contributed by atoms with E-state index in [0.717, 1.165) is 48.5 Å². The van der Waals surface area contributed by atoms with Crippen molar-refractivity contribution in [3.05, 3.63) is 59.7 Å². The molecule has 3 rings (SSSR count). The molecular weight excluding hydrogens is 300 g/mol. The van der Waals surface area contributed by atoms with Gasteiger partial charge in [0.15, 0.2) is 0 Å². The summed E-state index contributed by atoms with van der Waals surface area (Å²) in [7, 11) is 1.65. The first kappa shape index (κ1) is 16.4. The fraction of sp³-hybridized carbons (Fsp3) is 0.350. The molecule has 1 saturated heterocycles. The maximum atomic E-state index is 12.8. The van der Waals surface area contributed by atoms with Crippen molar-refractivity contribution >= 4 is 11.6 Å². The van der Waals surface area contributed by atoms with E-state index in [1.165, 1.54) is 0 Å². The molecule has 0 radical (unpaired) electrons. The molecule has 0 aliphatic carbocycles. The molecule has 1 amide bonds. The first-order chi connectivity index (χ1) is 11.7. The fourth-order valence-electron chi connectivity index (χ4n) is 3.24. The smallest absolute Gasteiger partial charge is 0.253 e. The van der Waals surface area contributed by atoms with E-state index in [-0.39, 0.29) is 5.91 Å². The second kappa shape index (κ2) is 7.39. The van der Waals surface area contributed by atoms with Gasteiger partial charge in [0, 0.05) is 30.4 Å². The summed E-state index contributed by atoms with van der Waals surface area (Å²) in [6.45, 7) is 3.52. The third-order valence-electron chi connectivity index (χ3n) is 4.49. The Morgan fingerprint density at radius 1 is 1.21 bits per heavy atom. The zero-order chi connectivity index (χ0) is 16.9. The average Bonchev–Trinajstić information content (AvgIpc) is 2.62. The molecule has 0 bridgehead atoms. The lowest BCUT2D eigenvalue weighted by molar-refractivity contribution is 0.0714. The SMILES string of the molecule is COc1ccc(C(=O)N2CCC[C@@H](Nc3ccccc3)C2)cc1C. The maximum absolute atomic E-state index is 12.8. The van der Waals surface area contributed by atoms with Crippen LogP contribution in [0.4, 0.5) is 5.69 Å². The van der Waals surface area contributed by atoms with Crippen LogP contribution in [0.25, 0.3) is 0 Å². The molecule has 1 heterocycles. The number of nitrogens with one attached hydrogen (secondary N) is 1. The summed E-state index contributed by atoms with van der Waals surface area (Å²) in [6, 6.07) is 16.1. The number of aryl methyl sites for hydroxylation is 1. The van der Waals surface area contributed by atoms with Gasteiger partial charge < -0.3 is 15.0 Å². The van der Waals surface area contributed by atoms with Crippen molar-refractivity contribution in [2.45, 2.75) is 25.8 Å². The monoisotopic (exact) mass is 324 g/mol. The van der Waals surface area contributed by atoms with Gasteiger partial charge in [-0.05, 0) is 55.7 Å². The highest BCUT2D eigenvalue weighted by molar-refractivity contribution is 5.94. The van der Waals surface area contributed by atoms with Crippen molar-refractivity contribution in [3.63, 3.8) is 0 Å². The molecule has 0 unspecified atom stereocenters. The van der Waals surface area contributed by atoms with Crippen LogP contribution in [0.15, 0.2) is 48.5 Å². The van der Waals surface area contributed by atoms with E-state index >= 15 is 0 Å². The zero-order valence-electron chi connectivity index (χ0n) is 14.3. The van der Waals surface area contributed by atoms with Gasteiger partial charge in [-0.3, -0.25) is 4.79 Å². The predicted octanol–water partition coefficient (Wildman–Crippen LogP) is 3.72. The van der Waals surface area contributed by atoms with Gasteiger partial charge >= 0.3 is 0 Å². The summed E-state index contributed by atoms with van der Waals surface area (Å²) >= 11 is 0. The zero-order valence-corrected chi connectivity index (χ0v) is 14.3. The van der Waals surface area contributed by atoms with E-state index in [2.05, 4.69) is 17.4 Å². The van der Waals surface area contributed by atoms with Crippen LogP contribution in [0.1, 0.15) is 28.8 Å². The lowest BCUT2D eigenvalue weighted by atomic mass is 10.0. The maximum Gasteiger partial charge on any atom is 0.253 e. The number of likely N-dealkylation sites (tertiary alicyclic amines) is 1. The number of carbonyl (C=O) groups excluding carboxylic acids is 1. The Bertz CT molecular complexity index is 700. The molecule has 0 spiro atoms. The summed E-state index contributed by atoms with van der Waals surface area (Å²) in [4.78, 5) is 14.8. The van der Waals surface area contributed by atoms with Gasteiger partial charge in [-0.15, -0.1) is 0 Å². The molecule has 1 aliphatic rings. The van der Waals surface area contributed by atoms with E-state index in [0.29, 0.717) is 6.04 Å². The number of ether oxygens (including phenoxy) is 1. The Hall–Kier alpha value is -2.49. The Balaban J connectivity index is 1.67. The second-order valence-corrected chi connectivity index (χ2v) is 6.29. The van der Waals surface area contributed by atoms with Crippen LogP contribution < -0.4 is 10.1 Å². The molecule has 4 heteroatoms. The molecule has 0 aromatic heterocycles.